The summed E-state index contributed by atoms with van der Waals surface area (Å²) < 4.78 is 39.5. The third kappa shape index (κ3) is 7.68. The number of nitrogens with one attached hydrogen (secondary N) is 2. The highest BCUT2D eigenvalue weighted by atomic mass is 35.5. The van der Waals surface area contributed by atoms with Crippen molar-refractivity contribution in [1.29, 1.82) is 0 Å². The van der Waals surface area contributed by atoms with Gasteiger partial charge in [0.15, 0.2) is 0 Å². The zero-order chi connectivity index (χ0) is 27.9. The molecule has 0 spiro atoms. The minimum absolute atomic E-state index is 0.0595. The Hall–Kier alpha value is -3.65. The van der Waals surface area contributed by atoms with E-state index in [1.807, 2.05) is 36.4 Å². The zero-order valence-corrected chi connectivity index (χ0v) is 21.6. The number of carbonyl (C=O) groups excluding carboxylic acids is 3. The lowest BCUT2D eigenvalue weighted by molar-refractivity contribution is -0.175. The molecule has 1 unspecified atom stereocenters. The normalized spacial score (nSPS) is 13.9. The maximum Gasteiger partial charge on any atom is 0.452 e. The number of ketones is 1. The molecule has 3 aromatic rings. The number of hydrogen-bond acceptors (Lipinski definition) is 3. The average Bonchev–Trinajstić information content (AvgIpc) is 2.88. The Bertz CT molecular complexity index is 1250. The first-order chi connectivity index (χ1) is 18.0. The van der Waals surface area contributed by atoms with Gasteiger partial charge in [0.1, 0.15) is 6.04 Å². The highest BCUT2D eigenvalue weighted by Crippen LogP contribution is 2.30. The first-order valence-electron chi connectivity index (χ1n) is 12.0. The van der Waals surface area contributed by atoms with Crippen LogP contribution in [0, 0.1) is 5.92 Å². The van der Waals surface area contributed by atoms with Crippen LogP contribution in [0.5, 0.6) is 0 Å². The number of rotatable bonds is 10. The summed E-state index contributed by atoms with van der Waals surface area (Å²) in [6.45, 7) is 2.81. The standard InChI is InChI=1S/C29H28ClF3N2O3/c1-18(2)25(27(37)29(31,32)33)35-28(38)26(20-12-7-4-8-13-20)34-24(36)17-23(19-10-5-3-6-11-19)21-14-9-15-22(30)16-21/h3-16,18,23,25-26H,17H2,1-2H3,(H,34,36)(H,35,38)/t23?,25-,26-/m0/s1. The summed E-state index contributed by atoms with van der Waals surface area (Å²) in [5.74, 6) is -4.70. The molecule has 3 rings (SSSR count). The van der Waals surface area contributed by atoms with Gasteiger partial charge in [-0.05, 0) is 34.7 Å². The molecule has 0 aromatic heterocycles. The topological polar surface area (TPSA) is 75.3 Å². The lowest BCUT2D eigenvalue weighted by Crippen LogP contribution is -2.52. The maximum atomic E-state index is 13.3. The van der Waals surface area contributed by atoms with E-state index in [0.717, 1.165) is 11.1 Å². The van der Waals surface area contributed by atoms with Crippen molar-refractivity contribution < 1.29 is 27.6 Å². The van der Waals surface area contributed by atoms with E-state index in [9.17, 15) is 27.6 Å². The van der Waals surface area contributed by atoms with Gasteiger partial charge in [-0.3, -0.25) is 14.4 Å². The van der Waals surface area contributed by atoms with Gasteiger partial charge in [0, 0.05) is 17.4 Å². The molecule has 0 fully saturated rings. The summed E-state index contributed by atoms with van der Waals surface area (Å²) in [4.78, 5) is 38.5. The van der Waals surface area contributed by atoms with Crippen LogP contribution in [-0.4, -0.2) is 29.8 Å². The van der Waals surface area contributed by atoms with Gasteiger partial charge in [-0.2, -0.15) is 13.2 Å². The van der Waals surface area contributed by atoms with Gasteiger partial charge in [0.25, 0.3) is 5.78 Å². The molecule has 0 radical (unpaired) electrons. The van der Waals surface area contributed by atoms with Crippen LogP contribution in [0.25, 0.3) is 0 Å². The number of amides is 2. The fourth-order valence-electron chi connectivity index (χ4n) is 4.14. The molecule has 2 N–H and O–H groups in total. The molecule has 5 nitrogen and oxygen atoms in total. The molecule has 0 heterocycles. The second-order valence-corrected chi connectivity index (χ2v) is 9.66. The van der Waals surface area contributed by atoms with Crippen LogP contribution in [0.1, 0.15) is 48.9 Å². The minimum Gasteiger partial charge on any atom is -0.344 e. The van der Waals surface area contributed by atoms with Crippen molar-refractivity contribution in [1.82, 2.24) is 10.6 Å². The average molecular weight is 545 g/mol. The van der Waals surface area contributed by atoms with Crippen molar-refractivity contribution >= 4 is 29.2 Å². The molecule has 0 aliphatic rings. The Kier molecular flexibility index (Phi) is 9.69. The molecule has 0 bridgehead atoms. The fourth-order valence-corrected chi connectivity index (χ4v) is 4.33. The molecule has 0 aliphatic heterocycles. The lowest BCUT2D eigenvalue weighted by Gasteiger charge is -2.26. The minimum atomic E-state index is -5.12. The summed E-state index contributed by atoms with van der Waals surface area (Å²) >= 11 is 6.19. The molecular weight excluding hydrogens is 517 g/mol. The van der Waals surface area contributed by atoms with Gasteiger partial charge in [-0.15, -0.1) is 0 Å². The van der Waals surface area contributed by atoms with Crippen LogP contribution in [0.4, 0.5) is 13.2 Å². The Morgan fingerprint density at radius 1 is 0.789 bits per heavy atom. The van der Waals surface area contributed by atoms with E-state index < -0.39 is 47.7 Å². The predicted octanol–water partition coefficient (Wildman–Crippen LogP) is 5.99. The molecule has 9 heteroatoms. The summed E-state index contributed by atoms with van der Waals surface area (Å²) in [6.07, 6.45) is -5.18. The SMILES string of the molecule is CC(C)[C@H](NC(=O)[C@@H](NC(=O)CC(c1ccccc1)c1cccc(Cl)c1)c1ccccc1)C(=O)C(F)(F)F. The highest BCUT2D eigenvalue weighted by molar-refractivity contribution is 6.30. The van der Waals surface area contributed by atoms with Gasteiger partial charge in [-0.25, -0.2) is 0 Å². The molecule has 200 valence electrons. The fraction of sp³-hybridized carbons (Fsp3) is 0.276. The zero-order valence-electron chi connectivity index (χ0n) is 20.8. The Labute approximate surface area is 224 Å². The third-order valence-corrected chi connectivity index (χ3v) is 6.30. The van der Waals surface area contributed by atoms with E-state index in [2.05, 4.69) is 10.6 Å². The number of halogens is 4. The van der Waals surface area contributed by atoms with E-state index in [1.165, 1.54) is 13.8 Å². The van der Waals surface area contributed by atoms with Gasteiger partial charge >= 0.3 is 6.18 Å². The second kappa shape index (κ2) is 12.7. The van der Waals surface area contributed by atoms with Gasteiger partial charge < -0.3 is 10.6 Å². The Morgan fingerprint density at radius 3 is 1.87 bits per heavy atom. The molecule has 0 saturated heterocycles. The van der Waals surface area contributed by atoms with E-state index in [1.54, 1.807) is 48.5 Å². The van der Waals surface area contributed by atoms with Crippen LogP contribution in [0.15, 0.2) is 84.9 Å². The molecule has 3 atom stereocenters. The molecule has 3 aromatic carbocycles. The number of alkyl halides is 3. The summed E-state index contributed by atoms with van der Waals surface area (Å²) in [5.41, 5.74) is 2.00. The predicted molar refractivity (Wildman–Crippen MR) is 140 cm³/mol. The van der Waals surface area contributed by atoms with Crippen molar-refractivity contribution in [3.63, 3.8) is 0 Å². The highest BCUT2D eigenvalue weighted by Gasteiger charge is 2.45. The Balaban J connectivity index is 1.88. The van der Waals surface area contributed by atoms with E-state index in [0.29, 0.717) is 10.6 Å². The van der Waals surface area contributed by atoms with E-state index in [-0.39, 0.29) is 6.42 Å². The summed E-state index contributed by atoms with van der Waals surface area (Å²) in [6, 6.07) is 21.4. The monoisotopic (exact) mass is 544 g/mol. The number of carbonyl (C=O) groups is 3. The van der Waals surface area contributed by atoms with Crippen LogP contribution >= 0.6 is 11.6 Å². The number of hydrogen-bond donors (Lipinski definition) is 2. The largest absolute Gasteiger partial charge is 0.452 e. The molecule has 2 amide bonds. The summed E-state index contributed by atoms with van der Waals surface area (Å²) in [7, 11) is 0. The first kappa shape index (κ1) is 28.9. The van der Waals surface area contributed by atoms with E-state index in [4.69, 9.17) is 11.6 Å². The third-order valence-electron chi connectivity index (χ3n) is 6.07. The molecule has 0 aliphatic carbocycles. The lowest BCUT2D eigenvalue weighted by atomic mass is 9.88. The quantitative estimate of drug-likeness (QED) is 0.329. The summed E-state index contributed by atoms with van der Waals surface area (Å²) in [5, 5.41) is 5.37. The van der Waals surface area contributed by atoms with Crippen LogP contribution in [0.2, 0.25) is 5.02 Å². The van der Waals surface area contributed by atoms with Crippen LogP contribution in [-0.2, 0) is 14.4 Å². The second-order valence-electron chi connectivity index (χ2n) is 9.23. The molecule has 0 saturated carbocycles. The molecular formula is C29H28ClF3N2O3. The Morgan fingerprint density at radius 2 is 1.34 bits per heavy atom. The van der Waals surface area contributed by atoms with Gasteiger partial charge in [-0.1, -0.05) is 98.2 Å². The maximum absolute atomic E-state index is 13.3. The van der Waals surface area contributed by atoms with Crippen molar-refractivity contribution in [3.8, 4) is 0 Å². The number of benzene rings is 3. The van der Waals surface area contributed by atoms with E-state index >= 15 is 0 Å². The smallest absolute Gasteiger partial charge is 0.344 e. The van der Waals surface area contributed by atoms with Crippen molar-refractivity contribution in [3.05, 3.63) is 107 Å². The number of Topliss-reactive ketones (excluding diaryl/α,β-unsaturated/α-hetero) is 1. The van der Waals surface area contributed by atoms with Crippen LogP contribution < -0.4 is 10.6 Å². The van der Waals surface area contributed by atoms with Crippen molar-refractivity contribution in [2.75, 3.05) is 0 Å². The van der Waals surface area contributed by atoms with Crippen LogP contribution in [0.3, 0.4) is 0 Å². The van der Waals surface area contributed by atoms with Crippen molar-refractivity contribution in [2.24, 2.45) is 5.92 Å². The molecule has 38 heavy (non-hydrogen) atoms. The van der Waals surface area contributed by atoms with Gasteiger partial charge in [0.2, 0.25) is 11.8 Å². The first-order valence-corrected chi connectivity index (χ1v) is 12.4. The van der Waals surface area contributed by atoms with Gasteiger partial charge in [0.05, 0.1) is 6.04 Å². The van der Waals surface area contributed by atoms with Crippen molar-refractivity contribution in [2.45, 2.75) is 44.4 Å².